The highest BCUT2D eigenvalue weighted by molar-refractivity contribution is 5.79. The molecule has 1 spiro atoms. The highest BCUT2D eigenvalue weighted by Gasteiger charge is 2.50. The van der Waals surface area contributed by atoms with Crippen LogP contribution in [0, 0.1) is 23.2 Å². The van der Waals surface area contributed by atoms with Crippen molar-refractivity contribution in [2.24, 2.45) is 23.2 Å². The number of amides is 1. The molecule has 2 saturated carbocycles. The molecule has 1 aromatic heterocycles. The molecule has 1 aromatic carbocycles. The van der Waals surface area contributed by atoms with Gasteiger partial charge >= 0.3 is 0 Å². The molecule has 1 aliphatic heterocycles. The van der Waals surface area contributed by atoms with Crippen molar-refractivity contribution in [1.29, 1.82) is 0 Å². The Morgan fingerprint density at radius 1 is 1.06 bits per heavy atom. The molecule has 1 amide bonds. The molecule has 1 saturated heterocycles. The first-order chi connectivity index (χ1) is 17.4. The highest BCUT2D eigenvalue weighted by atomic mass is 16.2. The zero-order valence-electron chi connectivity index (χ0n) is 22.7. The van der Waals surface area contributed by atoms with Crippen molar-refractivity contribution in [3.05, 3.63) is 66.0 Å². The fourth-order valence-electron chi connectivity index (χ4n) is 7.56. The van der Waals surface area contributed by atoms with E-state index < -0.39 is 0 Å². The number of hydrogen-bond donors (Lipinski definition) is 0. The molecule has 2 atom stereocenters. The first-order valence-electron chi connectivity index (χ1n) is 14.4. The number of carbonyl (C=O) groups excluding carboxylic acids is 1. The molecule has 4 heteroatoms. The van der Waals surface area contributed by atoms with Crippen LogP contribution in [0.3, 0.4) is 0 Å². The van der Waals surface area contributed by atoms with Crippen molar-refractivity contribution in [2.45, 2.75) is 83.7 Å². The molecule has 0 radical (unpaired) electrons. The Hall–Kier alpha value is -2.20. The predicted molar refractivity (Wildman–Crippen MR) is 146 cm³/mol. The normalized spacial score (nSPS) is 31.4. The summed E-state index contributed by atoms with van der Waals surface area (Å²) in [6, 6.07) is 15.3. The maximum atomic E-state index is 13.9. The summed E-state index contributed by atoms with van der Waals surface area (Å²) < 4.78 is 0. The van der Waals surface area contributed by atoms with E-state index in [-0.39, 0.29) is 16.9 Å². The van der Waals surface area contributed by atoms with Crippen molar-refractivity contribution in [1.82, 2.24) is 14.8 Å². The Bertz CT molecular complexity index is 995. The summed E-state index contributed by atoms with van der Waals surface area (Å²) >= 11 is 0. The Morgan fingerprint density at radius 3 is 2.42 bits per heavy atom. The Balaban J connectivity index is 1.43. The minimum absolute atomic E-state index is 0.0981. The minimum atomic E-state index is 0.0981. The smallest absolute Gasteiger partial charge is 0.226 e. The zero-order valence-corrected chi connectivity index (χ0v) is 22.7. The van der Waals surface area contributed by atoms with Gasteiger partial charge in [0.15, 0.2) is 0 Å². The van der Waals surface area contributed by atoms with Crippen molar-refractivity contribution in [2.75, 3.05) is 20.1 Å². The summed E-state index contributed by atoms with van der Waals surface area (Å²) in [6.07, 6.45) is 15.0. The van der Waals surface area contributed by atoms with Crippen molar-refractivity contribution < 1.29 is 4.79 Å². The van der Waals surface area contributed by atoms with Crippen LogP contribution >= 0.6 is 0 Å². The second kappa shape index (κ2) is 10.7. The molecular formula is C32H45N3O. The molecule has 3 fully saturated rings. The topological polar surface area (TPSA) is 36.4 Å². The van der Waals surface area contributed by atoms with Gasteiger partial charge in [0.05, 0.1) is 0 Å². The second-order valence-electron chi connectivity index (χ2n) is 12.3. The summed E-state index contributed by atoms with van der Waals surface area (Å²) in [7, 11) is 2.30. The Labute approximate surface area is 218 Å². The fourth-order valence-corrected chi connectivity index (χ4v) is 7.56. The molecule has 36 heavy (non-hydrogen) atoms. The molecule has 5 rings (SSSR count). The lowest BCUT2D eigenvalue weighted by molar-refractivity contribution is -0.137. The number of benzene rings is 1. The SMILES string of the molecule is CCN(C)[C@]1(c2ccccc2)CC[C@@]2(CC1)CC(CC1CCC1)C(C)C(=O)N(Cc1cccnc1)C2. The van der Waals surface area contributed by atoms with Gasteiger partial charge in [-0.1, -0.05) is 69.5 Å². The van der Waals surface area contributed by atoms with Gasteiger partial charge < -0.3 is 4.90 Å². The average Bonchev–Trinajstić information content (AvgIpc) is 2.98. The van der Waals surface area contributed by atoms with E-state index in [2.05, 4.69) is 72.1 Å². The highest BCUT2D eigenvalue weighted by Crippen LogP contribution is 2.54. The first-order valence-corrected chi connectivity index (χ1v) is 14.4. The van der Waals surface area contributed by atoms with Crippen LogP contribution in [0.25, 0.3) is 0 Å². The maximum absolute atomic E-state index is 13.9. The fraction of sp³-hybridized carbons (Fsp3) is 0.625. The van der Waals surface area contributed by atoms with Crippen LogP contribution in [-0.4, -0.2) is 40.8 Å². The van der Waals surface area contributed by atoms with Crippen LogP contribution in [0.15, 0.2) is 54.9 Å². The van der Waals surface area contributed by atoms with Gasteiger partial charge in [-0.3, -0.25) is 14.7 Å². The second-order valence-corrected chi connectivity index (χ2v) is 12.3. The Kier molecular flexibility index (Phi) is 7.53. The number of nitrogens with zero attached hydrogens (tertiary/aromatic N) is 3. The summed E-state index contributed by atoms with van der Waals surface area (Å²) in [5.41, 5.74) is 2.91. The number of aromatic nitrogens is 1. The quantitative estimate of drug-likeness (QED) is 0.438. The maximum Gasteiger partial charge on any atom is 0.226 e. The van der Waals surface area contributed by atoms with E-state index in [1.807, 2.05) is 18.5 Å². The lowest BCUT2D eigenvalue weighted by Crippen LogP contribution is -2.50. The molecule has 2 aliphatic carbocycles. The van der Waals surface area contributed by atoms with E-state index >= 15 is 0 Å². The summed E-state index contributed by atoms with van der Waals surface area (Å²) in [6.45, 7) is 7.14. The summed E-state index contributed by atoms with van der Waals surface area (Å²) in [5.74, 6) is 1.83. The van der Waals surface area contributed by atoms with Gasteiger partial charge in [-0.15, -0.1) is 0 Å². The summed E-state index contributed by atoms with van der Waals surface area (Å²) in [4.78, 5) is 23.0. The molecular weight excluding hydrogens is 442 g/mol. The first kappa shape index (κ1) is 25.4. The molecule has 2 unspecified atom stereocenters. The third-order valence-corrected chi connectivity index (χ3v) is 10.2. The van der Waals surface area contributed by atoms with Gasteiger partial charge in [-0.05, 0) is 86.6 Å². The van der Waals surface area contributed by atoms with E-state index in [4.69, 9.17) is 0 Å². The lowest BCUT2D eigenvalue weighted by atomic mass is 9.60. The third-order valence-electron chi connectivity index (χ3n) is 10.2. The van der Waals surface area contributed by atoms with E-state index in [0.29, 0.717) is 18.4 Å². The monoisotopic (exact) mass is 487 g/mol. The van der Waals surface area contributed by atoms with E-state index in [1.165, 1.54) is 63.4 Å². The van der Waals surface area contributed by atoms with Crippen LogP contribution in [0.4, 0.5) is 0 Å². The third kappa shape index (κ3) is 4.98. The van der Waals surface area contributed by atoms with Crippen LogP contribution < -0.4 is 0 Å². The van der Waals surface area contributed by atoms with Gasteiger partial charge in [0.1, 0.15) is 0 Å². The number of hydrogen-bond acceptors (Lipinski definition) is 3. The van der Waals surface area contributed by atoms with Gasteiger partial charge in [-0.25, -0.2) is 0 Å². The van der Waals surface area contributed by atoms with Crippen LogP contribution in [0.2, 0.25) is 0 Å². The largest absolute Gasteiger partial charge is 0.338 e. The number of rotatable bonds is 7. The van der Waals surface area contributed by atoms with Gasteiger partial charge in [0.25, 0.3) is 0 Å². The van der Waals surface area contributed by atoms with Crippen molar-refractivity contribution >= 4 is 5.91 Å². The van der Waals surface area contributed by atoms with E-state index in [9.17, 15) is 4.79 Å². The van der Waals surface area contributed by atoms with Crippen molar-refractivity contribution in [3.63, 3.8) is 0 Å². The predicted octanol–water partition coefficient (Wildman–Crippen LogP) is 6.66. The zero-order chi connectivity index (χ0) is 25.2. The lowest BCUT2D eigenvalue weighted by Gasteiger charge is -2.52. The minimum Gasteiger partial charge on any atom is -0.338 e. The van der Waals surface area contributed by atoms with Crippen LogP contribution in [-0.2, 0) is 16.9 Å². The van der Waals surface area contributed by atoms with Crippen LogP contribution in [0.5, 0.6) is 0 Å². The summed E-state index contributed by atoms with van der Waals surface area (Å²) in [5, 5.41) is 0. The van der Waals surface area contributed by atoms with Gasteiger partial charge in [0, 0.05) is 36.9 Å². The van der Waals surface area contributed by atoms with E-state index in [1.54, 1.807) is 0 Å². The number of pyridine rings is 1. The average molecular weight is 488 g/mol. The van der Waals surface area contributed by atoms with Crippen LogP contribution in [0.1, 0.15) is 82.8 Å². The van der Waals surface area contributed by atoms with Crippen molar-refractivity contribution in [3.8, 4) is 0 Å². The molecule has 194 valence electrons. The van der Waals surface area contributed by atoms with Gasteiger partial charge in [-0.2, -0.15) is 0 Å². The molecule has 2 heterocycles. The molecule has 2 aromatic rings. The number of carbonyl (C=O) groups is 1. The number of likely N-dealkylation sites (tertiary alicyclic amines) is 1. The molecule has 4 nitrogen and oxygen atoms in total. The van der Waals surface area contributed by atoms with E-state index in [0.717, 1.165) is 24.6 Å². The molecule has 0 N–H and O–H groups in total. The van der Waals surface area contributed by atoms with Gasteiger partial charge in [0.2, 0.25) is 5.91 Å². The standard InChI is InChI=1S/C32H45N3O/c1-4-34(3)32(29-13-6-5-7-14-29)17-15-31(16-18-32)21-28(20-26-10-8-11-26)25(2)30(36)35(24-31)23-27-12-9-19-33-22-27/h5-7,9,12-14,19,22,25-26,28H,4,8,10-11,15-18,20-21,23-24H2,1-3H3/t25?,28?,31-,32-. The Morgan fingerprint density at radius 2 is 1.81 bits per heavy atom. The molecule has 3 aliphatic rings. The molecule has 0 bridgehead atoms.